The SMILES string of the molecule is CCCCCCCCCCCCCCCCNCC(O)CN(CCCCCCCCCCCCCC)CCCCN(CCCCCCCCCCCCCC)CC(C)CNCCC(C)O. The fourth-order valence-corrected chi connectivity index (χ4v) is 9.85. The Hall–Kier alpha value is -0.240. The quantitative estimate of drug-likeness (QED) is 0.0456. The first-order valence-electron chi connectivity index (χ1n) is 30.1. The summed E-state index contributed by atoms with van der Waals surface area (Å²) in [6.45, 7) is 21.5. The second-order valence-corrected chi connectivity index (χ2v) is 21.5. The average molecular weight is 922 g/mol. The maximum atomic E-state index is 11.2. The minimum atomic E-state index is -0.288. The largest absolute Gasteiger partial charge is 0.393 e. The van der Waals surface area contributed by atoms with E-state index in [0.717, 1.165) is 58.8 Å². The van der Waals surface area contributed by atoms with Gasteiger partial charge >= 0.3 is 0 Å². The van der Waals surface area contributed by atoms with Crippen molar-refractivity contribution < 1.29 is 10.2 Å². The number of hydrogen-bond donors (Lipinski definition) is 4. The second kappa shape index (κ2) is 54.7. The first-order valence-corrected chi connectivity index (χ1v) is 30.1. The van der Waals surface area contributed by atoms with E-state index in [-0.39, 0.29) is 12.2 Å². The summed E-state index contributed by atoms with van der Waals surface area (Å²) in [5, 5.41) is 28.1. The van der Waals surface area contributed by atoms with Gasteiger partial charge in [0.25, 0.3) is 0 Å². The highest BCUT2D eigenvalue weighted by molar-refractivity contribution is 4.71. The molecule has 0 radical (unpaired) electrons. The van der Waals surface area contributed by atoms with Crippen molar-refractivity contribution >= 4 is 0 Å². The number of unbranched alkanes of at least 4 members (excludes halogenated alkanes) is 36. The molecule has 65 heavy (non-hydrogen) atoms. The number of hydrogen-bond acceptors (Lipinski definition) is 6. The van der Waals surface area contributed by atoms with E-state index in [1.165, 1.54) is 270 Å². The molecule has 0 spiro atoms. The molecule has 3 atom stereocenters. The highest BCUT2D eigenvalue weighted by Gasteiger charge is 2.14. The van der Waals surface area contributed by atoms with E-state index in [9.17, 15) is 10.2 Å². The van der Waals surface area contributed by atoms with E-state index in [4.69, 9.17) is 0 Å². The lowest BCUT2D eigenvalue weighted by Crippen LogP contribution is -2.40. The third-order valence-corrected chi connectivity index (χ3v) is 14.2. The van der Waals surface area contributed by atoms with Crippen LogP contribution in [0.1, 0.15) is 298 Å². The molecule has 0 bridgehead atoms. The lowest BCUT2D eigenvalue weighted by molar-refractivity contribution is 0.108. The van der Waals surface area contributed by atoms with Gasteiger partial charge in [0.15, 0.2) is 0 Å². The summed E-state index contributed by atoms with van der Waals surface area (Å²) in [6, 6.07) is 0. The Morgan fingerprint density at radius 1 is 0.323 bits per heavy atom. The van der Waals surface area contributed by atoms with E-state index in [1.54, 1.807) is 0 Å². The molecule has 0 aliphatic heterocycles. The molecule has 0 heterocycles. The lowest BCUT2D eigenvalue weighted by atomic mass is 10.0. The van der Waals surface area contributed by atoms with Crippen molar-refractivity contribution in [3.05, 3.63) is 0 Å². The third kappa shape index (κ3) is 53.0. The van der Waals surface area contributed by atoms with Gasteiger partial charge < -0.3 is 30.6 Å². The first-order chi connectivity index (χ1) is 31.9. The molecule has 392 valence electrons. The maximum Gasteiger partial charge on any atom is 0.0791 e. The van der Waals surface area contributed by atoms with Gasteiger partial charge in [-0.3, -0.25) is 0 Å². The zero-order chi connectivity index (χ0) is 47.4. The van der Waals surface area contributed by atoms with Crippen molar-refractivity contribution in [2.45, 2.75) is 310 Å². The maximum absolute atomic E-state index is 11.2. The summed E-state index contributed by atoms with van der Waals surface area (Å²) in [7, 11) is 0. The van der Waals surface area contributed by atoms with Crippen LogP contribution in [0.25, 0.3) is 0 Å². The standard InChI is InChI=1S/C59H124N4O2/c1-6-9-12-15-18-21-24-27-28-29-32-35-38-41-47-60-54-59(65)56-63(50-43-40-37-34-31-26-23-20-17-14-11-8-3)52-45-44-51-62(55-57(4)53-61-48-46-58(5)64)49-42-39-36-33-30-25-22-19-16-13-10-7-2/h57-61,64-65H,6-56H2,1-5H3. The van der Waals surface area contributed by atoms with Crippen LogP contribution in [0.3, 0.4) is 0 Å². The summed E-state index contributed by atoms with van der Waals surface area (Å²) in [4.78, 5) is 5.38. The topological polar surface area (TPSA) is 71.0 Å². The minimum absolute atomic E-state index is 0.226. The summed E-state index contributed by atoms with van der Waals surface area (Å²) in [6.07, 6.45) is 55.9. The molecule has 0 saturated carbocycles. The lowest BCUT2D eigenvalue weighted by Gasteiger charge is -2.28. The molecular formula is C59H124N4O2. The Morgan fingerprint density at radius 3 is 0.938 bits per heavy atom. The van der Waals surface area contributed by atoms with E-state index in [1.807, 2.05) is 6.92 Å². The predicted octanol–water partition coefficient (Wildman–Crippen LogP) is 16.2. The first kappa shape index (κ1) is 64.8. The van der Waals surface area contributed by atoms with Crippen molar-refractivity contribution in [2.75, 3.05) is 65.4 Å². The summed E-state index contributed by atoms with van der Waals surface area (Å²) in [5.41, 5.74) is 0. The van der Waals surface area contributed by atoms with E-state index >= 15 is 0 Å². The van der Waals surface area contributed by atoms with E-state index in [0.29, 0.717) is 5.92 Å². The number of aliphatic hydroxyl groups is 2. The van der Waals surface area contributed by atoms with Gasteiger partial charge in [0.2, 0.25) is 0 Å². The summed E-state index contributed by atoms with van der Waals surface area (Å²) in [5.74, 6) is 0.607. The Bertz CT molecular complexity index is 860. The van der Waals surface area contributed by atoms with E-state index in [2.05, 4.69) is 48.1 Å². The molecule has 0 amide bonds. The van der Waals surface area contributed by atoms with Crippen molar-refractivity contribution in [2.24, 2.45) is 5.92 Å². The van der Waals surface area contributed by atoms with Gasteiger partial charge in [-0.15, -0.1) is 0 Å². The zero-order valence-electron chi connectivity index (χ0n) is 45.6. The van der Waals surface area contributed by atoms with Crippen LogP contribution in [-0.2, 0) is 0 Å². The normalized spacial score (nSPS) is 13.4. The highest BCUT2D eigenvalue weighted by atomic mass is 16.3. The van der Waals surface area contributed by atoms with Crippen molar-refractivity contribution in [3.8, 4) is 0 Å². The molecule has 0 aliphatic rings. The molecule has 0 fully saturated rings. The number of nitrogens with zero attached hydrogens (tertiary/aromatic N) is 2. The molecule has 3 unspecified atom stereocenters. The van der Waals surface area contributed by atoms with Gasteiger partial charge in [-0.05, 0) is 97.2 Å². The fourth-order valence-electron chi connectivity index (χ4n) is 9.85. The fraction of sp³-hybridized carbons (Fsp3) is 1.00. The van der Waals surface area contributed by atoms with Gasteiger partial charge in [-0.25, -0.2) is 0 Å². The van der Waals surface area contributed by atoms with Gasteiger partial charge in [0, 0.05) is 19.6 Å². The molecule has 4 N–H and O–H groups in total. The van der Waals surface area contributed by atoms with Gasteiger partial charge in [-0.1, -0.05) is 252 Å². The van der Waals surface area contributed by atoms with Crippen molar-refractivity contribution in [3.63, 3.8) is 0 Å². The van der Waals surface area contributed by atoms with Gasteiger partial charge in [-0.2, -0.15) is 0 Å². The molecule has 0 rings (SSSR count). The number of aliphatic hydroxyl groups excluding tert-OH is 2. The van der Waals surface area contributed by atoms with Crippen LogP contribution < -0.4 is 10.6 Å². The second-order valence-electron chi connectivity index (χ2n) is 21.5. The average Bonchev–Trinajstić information content (AvgIpc) is 3.29. The molecule has 0 saturated heterocycles. The molecule has 6 heteroatoms. The van der Waals surface area contributed by atoms with Crippen LogP contribution >= 0.6 is 0 Å². The Kier molecular flexibility index (Phi) is 54.5. The monoisotopic (exact) mass is 921 g/mol. The Balaban J connectivity index is 4.74. The number of nitrogens with one attached hydrogen (secondary N) is 2. The summed E-state index contributed by atoms with van der Waals surface area (Å²) >= 11 is 0. The van der Waals surface area contributed by atoms with Gasteiger partial charge in [0.1, 0.15) is 0 Å². The van der Waals surface area contributed by atoms with Crippen molar-refractivity contribution in [1.29, 1.82) is 0 Å². The summed E-state index contributed by atoms with van der Waals surface area (Å²) < 4.78 is 0. The Labute approximate surface area is 410 Å². The van der Waals surface area contributed by atoms with Crippen LogP contribution in [0, 0.1) is 5.92 Å². The van der Waals surface area contributed by atoms with Crippen LogP contribution in [0.15, 0.2) is 0 Å². The molecular weight excluding hydrogens is 797 g/mol. The predicted molar refractivity (Wildman–Crippen MR) is 292 cm³/mol. The zero-order valence-corrected chi connectivity index (χ0v) is 45.6. The van der Waals surface area contributed by atoms with Crippen LogP contribution in [0.2, 0.25) is 0 Å². The highest BCUT2D eigenvalue weighted by Crippen LogP contribution is 2.16. The molecule has 6 nitrogen and oxygen atoms in total. The van der Waals surface area contributed by atoms with Crippen LogP contribution in [-0.4, -0.2) is 97.7 Å². The van der Waals surface area contributed by atoms with E-state index < -0.39 is 0 Å². The number of rotatable bonds is 57. The minimum Gasteiger partial charge on any atom is -0.393 e. The molecule has 0 aromatic carbocycles. The third-order valence-electron chi connectivity index (χ3n) is 14.2. The molecule has 0 aromatic rings. The molecule has 0 aliphatic carbocycles. The van der Waals surface area contributed by atoms with Crippen LogP contribution in [0.5, 0.6) is 0 Å². The van der Waals surface area contributed by atoms with Gasteiger partial charge in [0.05, 0.1) is 12.2 Å². The smallest absolute Gasteiger partial charge is 0.0791 e. The van der Waals surface area contributed by atoms with Crippen molar-refractivity contribution in [1.82, 2.24) is 20.4 Å². The van der Waals surface area contributed by atoms with Crippen LogP contribution in [0.4, 0.5) is 0 Å². The Morgan fingerprint density at radius 2 is 0.600 bits per heavy atom. The molecule has 0 aromatic heterocycles.